The van der Waals surface area contributed by atoms with Gasteiger partial charge >= 0.3 is 0 Å². The molecule has 2 nitrogen and oxygen atoms in total. The lowest BCUT2D eigenvalue weighted by molar-refractivity contribution is 0.306. The molecule has 0 atom stereocenters. The maximum atomic E-state index is 13.1. The number of rotatable bonds is 6. The molecule has 0 heterocycles. The molecule has 2 rings (SSSR count). The third-order valence-corrected chi connectivity index (χ3v) is 3.24. The van der Waals surface area contributed by atoms with Crippen molar-refractivity contribution in [1.29, 1.82) is 0 Å². The monoisotopic (exact) mass is 273 g/mol. The Morgan fingerprint density at radius 2 is 1.85 bits per heavy atom. The quantitative estimate of drug-likeness (QED) is 0.795. The third kappa shape index (κ3) is 3.98. The summed E-state index contributed by atoms with van der Waals surface area (Å²) in [4.78, 5) is 0. The fourth-order valence-corrected chi connectivity index (χ4v) is 1.99. The van der Waals surface area contributed by atoms with E-state index in [1.807, 2.05) is 12.1 Å². The van der Waals surface area contributed by atoms with E-state index in [9.17, 15) is 4.39 Å². The zero-order chi connectivity index (χ0) is 14.4. The first-order valence-corrected chi connectivity index (χ1v) is 6.94. The van der Waals surface area contributed by atoms with Crippen LogP contribution in [0.1, 0.15) is 30.9 Å². The smallest absolute Gasteiger partial charge is 0.123 e. The van der Waals surface area contributed by atoms with Crippen molar-refractivity contribution in [2.24, 2.45) is 0 Å². The molecule has 0 aliphatic rings. The van der Waals surface area contributed by atoms with Crippen LogP contribution in [-0.4, -0.2) is 0 Å². The van der Waals surface area contributed by atoms with Crippen molar-refractivity contribution in [2.75, 3.05) is 5.73 Å². The van der Waals surface area contributed by atoms with Gasteiger partial charge in [-0.05, 0) is 48.7 Å². The lowest BCUT2D eigenvalue weighted by Gasteiger charge is -2.09. The van der Waals surface area contributed by atoms with Gasteiger partial charge in [-0.1, -0.05) is 25.5 Å². The van der Waals surface area contributed by atoms with E-state index >= 15 is 0 Å². The largest absolute Gasteiger partial charge is 0.489 e. The first-order valence-electron chi connectivity index (χ1n) is 6.94. The van der Waals surface area contributed by atoms with Crippen LogP contribution in [0.3, 0.4) is 0 Å². The number of nitrogens with two attached hydrogens (primary N) is 1. The van der Waals surface area contributed by atoms with E-state index in [2.05, 4.69) is 19.1 Å². The van der Waals surface area contributed by atoms with Crippen molar-refractivity contribution < 1.29 is 9.13 Å². The summed E-state index contributed by atoms with van der Waals surface area (Å²) in [5, 5.41) is 0. The summed E-state index contributed by atoms with van der Waals surface area (Å²) in [5.41, 5.74) is 8.31. The second kappa shape index (κ2) is 6.94. The molecule has 2 aromatic rings. The number of benzene rings is 2. The van der Waals surface area contributed by atoms with Gasteiger partial charge in [-0.15, -0.1) is 0 Å². The first kappa shape index (κ1) is 14.4. The number of unbranched alkanes of at least 4 members (excludes halogenated alkanes) is 1. The number of ether oxygens (including phenoxy) is 1. The van der Waals surface area contributed by atoms with Crippen LogP contribution < -0.4 is 10.5 Å². The molecule has 0 radical (unpaired) electrons. The van der Waals surface area contributed by atoms with E-state index in [1.54, 1.807) is 6.07 Å². The van der Waals surface area contributed by atoms with Crippen LogP contribution in [0, 0.1) is 5.82 Å². The Morgan fingerprint density at radius 1 is 1.10 bits per heavy atom. The van der Waals surface area contributed by atoms with Crippen LogP contribution in [0.5, 0.6) is 5.75 Å². The Morgan fingerprint density at radius 3 is 2.55 bits per heavy atom. The van der Waals surface area contributed by atoms with E-state index < -0.39 is 0 Å². The predicted molar refractivity (Wildman–Crippen MR) is 80.2 cm³/mol. The van der Waals surface area contributed by atoms with Gasteiger partial charge in [0, 0.05) is 11.3 Å². The summed E-state index contributed by atoms with van der Waals surface area (Å²) in [5.74, 6) is 0.474. The molecule has 0 unspecified atom stereocenters. The molecular weight excluding hydrogens is 253 g/mol. The molecule has 0 saturated heterocycles. The Labute approximate surface area is 119 Å². The van der Waals surface area contributed by atoms with Gasteiger partial charge in [0.2, 0.25) is 0 Å². The molecule has 0 fully saturated rings. The molecule has 3 heteroatoms. The summed E-state index contributed by atoms with van der Waals surface area (Å²) in [7, 11) is 0. The molecule has 0 aromatic heterocycles. The summed E-state index contributed by atoms with van der Waals surface area (Å²) in [6, 6.07) is 12.3. The number of hydrogen-bond acceptors (Lipinski definition) is 2. The van der Waals surface area contributed by atoms with Gasteiger partial charge in [0.05, 0.1) is 0 Å². The molecule has 2 N–H and O–H groups in total. The van der Waals surface area contributed by atoms with E-state index in [4.69, 9.17) is 10.5 Å². The summed E-state index contributed by atoms with van der Waals surface area (Å²) >= 11 is 0. The fourth-order valence-electron chi connectivity index (χ4n) is 1.99. The van der Waals surface area contributed by atoms with Gasteiger partial charge in [0.1, 0.15) is 18.2 Å². The molecule has 0 aliphatic heterocycles. The number of hydrogen-bond donors (Lipinski definition) is 1. The van der Waals surface area contributed by atoms with Crippen LogP contribution in [0.4, 0.5) is 10.1 Å². The second-order valence-electron chi connectivity index (χ2n) is 4.88. The van der Waals surface area contributed by atoms with E-state index in [0.717, 1.165) is 12.2 Å². The van der Waals surface area contributed by atoms with Gasteiger partial charge < -0.3 is 10.5 Å². The maximum absolute atomic E-state index is 13.1. The number of anilines is 1. The molecule has 106 valence electrons. The highest BCUT2D eigenvalue weighted by Gasteiger charge is 2.03. The molecule has 0 bridgehead atoms. The highest BCUT2D eigenvalue weighted by molar-refractivity contribution is 5.46. The summed E-state index contributed by atoms with van der Waals surface area (Å²) in [6.07, 6.45) is 3.48. The van der Waals surface area contributed by atoms with Crippen LogP contribution in [0.2, 0.25) is 0 Å². The Balaban J connectivity index is 1.95. The van der Waals surface area contributed by atoms with Crippen molar-refractivity contribution in [3.63, 3.8) is 0 Å². The van der Waals surface area contributed by atoms with Crippen molar-refractivity contribution in [1.82, 2.24) is 0 Å². The third-order valence-electron chi connectivity index (χ3n) is 3.24. The average Bonchev–Trinajstić information content (AvgIpc) is 2.47. The topological polar surface area (TPSA) is 35.2 Å². The van der Waals surface area contributed by atoms with E-state index in [1.165, 1.54) is 30.5 Å². The van der Waals surface area contributed by atoms with Crippen LogP contribution >= 0.6 is 0 Å². The van der Waals surface area contributed by atoms with Crippen molar-refractivity contribution in [3.05, 3.63) is 59.4 Å². The van der Waals surface area contributed by atoms with E-state index in [0.29, 0.717) is 11.3 Å². The van der Waals surface area contributed by atoms with Crippen LogP contribution in [-0.2, 0) is 13.0 Å². The standard InChI is InChI=1S/C17H20FNO/c1-2-3-4-13-5-8-16(9-6-13)20-12-14-11-15(18)7-10-17(14)19/h5-11H,2-4,12,19H2,1H3. The molecule has 0 amide bonds. The normalized spacial score (nSPS) is 10.5. The molecule has 0 saturated carbocycles. The average molecular weight is 273 g/mol. The zero-order valence-electron chi connectivity index (χ0n) is 11.7. The molecule has 0 aliphatic carbocycles. The van der Waals surface area contributed by atoms with Crippen molar-refractivity contribution in [3.8, 4) is 5.75 Å². The number of nitrogen functional groups attached to an aromatic ring is 1. The van der Waals surface area contributed by atoms with Crippen molar-refractivity contribution >= 4 is 5.69 Å². The highest BCUT2D eigenvalue weighted by Crippen LogP contribution is 2.18. The molecule has 0 spiro atoms. The summed E-state index contributed by atoms with van der Waals surface area (Å²) < 4.78 is 18.8. The minimum absolute atomic E-state index is 0.276. The Kier molecular flexibility index (Phi) is 4.99. The van der Waals surface area contributed by atoms with Gasteiger partial charge in [0.15, 0.2) is 0 Å². The molecular formula is C17H20FNO. The van der Waals surface area contributed by atoms with Gasteiger partial charge in [-0.3, -0.25) is 0 Å². The van der Waals surface area contributed by atoms with E-state index in [-0.39, 0.29) is 12.4 Å². The summed E-state index contributed by atoms with van der Waals surface area (Å²) in [6.45, 7) is 2.46. The zero-order valence-corrected chi connectivity index (χ0v) is 11.7. The minimum atomic E-state index is -0.298. The number of aryl methyl sites for hydroxylation is 1. The van der Waals surface area contributed by atoms with Crippen molar-refractivity contribution in [2.45, 2.75) is 32.8 Å². The lowest BCUT2D eigenvalue weighted by Crippen LogP contribution is -2.01. The molecule has 2 aromatic carbocycles. The second-order valence-corrected chi connectivity index (χ2v) is 4.88. The maximum Gasteiger partial charge on any atom is 0.123 e. The lowest BCUT2D eigenvalue weighted by atomic mass is 10.1. The van der Waals surface area contributed by atoms with Gasteiger partial charge in [-0.2, -0.15) is 0 Å². The minimum Gasteiger partial charge on any atom is -0.489 e. The highest BCUT2D eigenvalue weighted by atomic mass is 19.1. The Hall–Kier alpha value is -2.03. The number of halogens is 1. The Bertz CT molecular complexity index is 551. The predicted octanol–water partition coefficient (Wildman–Crippen LogP) is 4.33. The van der Waals surface area contributed by atoms with Gasteiger partial charge in [0.25, 0.3) is 0 Å². The van der Waals surface area contributed by atoms with Gasteiger partial charge in [-0.25, -0.2) is 4.39 Å². The SMILES string of the molecule is CCCCc1ccc(OCc2cc(F)ccc2N)cc1. The fraction of sp³-hybridized carbons (Fsp3) is 0.294. The molecule has 20 heavy (non-hydrogen) atoms. The first-order chi connectivity index (χ1) is 9.69. The van der Waals surface area contributed by atoms with Crippen LogP contribution in [0.15, 0.2) is 42.5 Å². The van der Waals surface area contributed by atoms with Crippen LogP contribution in [0.25, 0.3) is 0 Å².